The van der Waals surface area contributed by atoms with E-state index in [0.29, 0.717) is 22.2 Å². The average molecular weight is 536 g/mol. The van der Waals surface area contributed by atoms with E-state index < -0.39 is 11.8 Å². The van der Waals surface area contributed by atoms with Gasteiger partial charge in [-0.2, -0.15) is 5.10 Å². The lowest BCUT2D eigenvalue weighted by Gasteiger charge is -2.34. The average Bonchev–Trinajstić information content (AvgIpc) is 3.32. The minimum absolute atomic E-state index is 0.0194. The van der Waals surface area contributed by atoms with E-state index in [0.717, 1.165) is 37.4 Å². The Bertz CT molecular complexity index is 1450. The lowest BCUT2D eigenvalue weighted by atomic mass is 10.2. The smallest absolute Gasteiger partial charge is 0.323 e. The van der Waals surface area contributed by atoms with E-state index in [9.17, 15) is 9.18 Å². The number of hydrogen-bond acceptors (Lipinski definition) is 6. The fourth-order valence-electron chi connectivity index (χ4n) is 4.16. The molecule has 9 nitrogen and oxygen atoms in total. The minimum Gasteiger partial charge on any atom is -0.454 e. The molecule has 3 heterocycles. The summed E-state index contributed by atoms with van der Waals surface area (Å²) in [6, 6.07) is 12.5. The van der Waals surface area contributed by atoms with E-state index >= 15 is 0 Å². The van der Waals surface area contributed by atoms with E-state index in [1.54, 1.807) is 41.3 Å². The molecule has 11 heteroatoms. The molecule has 0 spiro atoms. The lowest BCUT2D eigenvalue weighted by Crippen LogP contribution is -2.44. The topological polar surface area (TPSA) is 87.6 Å². The number of benzene rings is 2. The van der Waals surface area contributed by atoms with Gasteiger partial charge >= 0.3 is 6.03 Å². The van der Waals surface area contributed by atoms with Gasteiger partial charge in [0.1, 0.15) is 5.75 Å². The van der Waals surface area contributed by atoms with Gasteiger partial charge in [0.05, 0.1) is 11.9 Å². The maximum atomic E-state index is 14.8. The third-order valence-electron chi connectivity index (χ3n) is 6.16. The fourth-order valence-corrected chi connectivity index (χ4v) is 4.39. The molecular weight excluding hydrogens is 509 g/mol. The number of nitrogens with zero attached hydrogens (tertiary/aromatic N) is 5. The first-order valence-corrected chi connectivity index (χ1v) is 12.4. The van der Waals surface area contributed by atoms with Crippen molar-refractivity contribution in [3.8, 4) is 22.8 Å². The first kappa shape index (κ1) is 25.5. The summed E-state index contributed by atoms with van der Waals surface area (Å²) in [5.41, 5.74) is 3.24. The van der Waals surface area contributed by atoms with Crippen molar-refractivity contribution in [1.29, 1.82) is 0 Å². The summed E-state index contributed by atoms with van der Waals surface area (Å²) in [5.74, 6) is -0.179. The van der Waals surface area contributed by atoms with Gasteiger partial charge in [0.15, 0.2) is 11.6 Å². The quantitative estimate of drug-likeness (QED) is 0.341. The molecule has 2 N–H and O–H groups in total. The Morgan fingerprint density at radius 1 is 1.00 bits per heavy atom. The van der Waals surface area contributed by atoms with Crippen molar-refractivity contribution in [1.82, 2.24) is 19.7 Å². The van der Waals surface area contributed by atoms with Crippen LogP contribution >= 0.6 is 11.6 Å². The molecule has 4 aromatic rings. The van der Waals surface area contributed by atoms with Gasteiger partial charge in [-0.25, -0.2) is 9.18 Å². The van der Waals surface area contributed by atoms with Crippen LogP contribution in [0, 0.1) is 5.82 Å². The van der Waals surface area contributed by atoms with Crippen molar-refractivity contribution >= 4 is 34.7 Å². The maximum Gasteiger partial charge on any atom is 0.323 e. The Labute approximate surface area is 224 Å². The van der Waals surface area contributed by atoms with E-state index in [1.807, 2.05) is 25.4 Å². The van der Waals surface area contributed by atoms with Gasteiger partial charge < -0.3 is 25.2 Å². The number of piperazine rings is 1. The van der Waals surface area contributed by atoms with Gasteiger partial charge in [-0.05, 0) is 43.4 Å². The number of ether oxygens (including phenoxy) is 1. The third kappa shape index (κ3) is 6.21. The van der Waals surface area contributed by atoms with Crippen molar-refractivity contribution in [2.75, 3.05) is 48.8 Å². The predicted molar refractivity (Wildman–Crippen MR) is 147 cm³/mol. The number of halogens is 2. The number of rotatable bonds is 6. The van der Waals surface area contributed by atoms with Gasteiger partial charge in [0.25, 0.3) is 0 Å². The number of amides is 2. The number of carbonyl (C=O) groups is 1. The molecule has 1 saturated heterocycles. The van der Waals surface area contributed by atoms with Gasteiger partial charge in [-0.3, -0.25) is 9.67 Å². The molecule has 1 aliphatic heterocycles. The van der Waals surface area contributed by atoms with Crippen molar-refractivity contribution < 1.29 is 13.9 Å². The summed E-state index contributed by atoms with van der Waals surface area (Å²) in [5, 5.41) is 10.1. The third-order valence-corrected chi connectivity index (χ3v) is 6.38. The number of aromatic nitrogens is 3. The molecule has 0 radical (unpaired) electrons. The van der Waals surface area contributed by atoms with Crippen LogP contribution in [-0.4, -0.2) is 58.9 Å². The summed E-state index contributed by atoms with van der Waals surface area (Å²) < 4.78 is 22.2. The largest absolute Gasteiger partial charge is 0.454 e. The zero-order valence-corrected chi connectivity index (χ0v) is 21.7. The summed E-state index contributed by atoms with van der Waals surface area (Å²) in [6.45, 7) is 3.66. The van der Waals surface area contributed by atoms with Crippen LogP contribution in [0.25, 0.3) is 11.3 Å². The van der Waals surface area contributed by atoms with Gasteiger partial charge in [0.2, 0.25) is 0 Å². The summed E-state index contributed by atoms with van der Waals surface area (Å²) in [6.07, 6.45) is 5.10. The van der Waals surface area contributed by atoms with Crippen LogP contribution in [0.2, 0.25) is 5.02 Å². The Hall–Kier alpha value is -4.15. The Kier molecular flexibility index (Phi) is 7.43. The van der Waals surface area contributed by atoms with Crippen LogP contribution in [0.1, 0.15) is 0 Å². The zero-order valence-electron chi connectivity index (χ0n) is 21.0. The van der Waals surface area contributed by atoms with Gasteiger partial charge in [-0.15, -0.1) is 0 Å². The van der Waals surface area contributed by atoms with Crippen LogP contribution in [-0.2, 0) is 7.05 Å². The number of aryl methyl sites for hydroxylation is 1. The highest BCUT2D eigenvalue weighted by Gasteiger charge is 2.16. The number of carbonyl (C=O) groups excluding carboxylic acids is 1. The van der Waals surface area contributed by atoms with Crippen LogP contribution in [0.15, 0.2) is 67.1 Å². The Balaban J connectivity index is 1.22. The predicted octanol–water partition coefficient (Wildman–Crippen LogP) is 5.46. The van der Waals surface area contributed by atoms with E-state index in [1.165, 1.54) is 12.1 Å². The van der Waals surface area contributed by atoms with E-state index in [2.05, 4.69) is 37.6 Å². The minimum atomic E-state index is -0.623. The SMILES string of the molecule is CN1CCN(c2cc(Cl)cc(NC(=O)Nc3ccc(Oc4ccnc(-c5cnn(C)c5)c4)c(F)c3)c2)CC1. The molecule has 0 atom stereocenters. The molecule has 0 unspecified atom stereocenters. The number of pyridine rings is 1. The number of hydrogen-bond donors (Lipinski definition) is 2. The Morgan fingerprint density at radius 3 is 2.53 bits per heavy atom. The molecule has 196 valence electrons. The van der Waals surface area contributed by atoms with Crippen molar-refractivity contribution in [2.45, 2.75) is 0 Å². The molecule has 38 heavy (non-hydrogen) atoms. The molecule has 2 aromatic heterocycles. The second-order valence-corrected chi connectivity index (χ2v) is 9.53. The number of nitrogens with one attached hydrogen (secondary N) is 2. The number of urea groups is 1. The molecule has 2 aromatic carbocycles. The first-order chi connectivity index (χ1) is 18.3. The van der Waals surface area contributed by atoms with Gasteiger partial charge in [-0.1, -0.05) is 11.6 Å². The highest BCUT2D eigenvalue weighted by molar-refractivity contribution is 6.31. The molecule has 5 rings (SSSR count). The molecule has 0 aliphatic carbocycles. The maximum absolute atomic E-state index is 14.8. The van der Waals surface area contributed by atoms with Crippen molar-refractivity contribution in [2.24, 2.45) is 7.05 Å². The summed E-state index contributed by atoms with van der Waals surface area (Å²) in [7, 11) is 3.91. The molecule has 1 aliphatic rings. The molecule has 1 fully saturated rings. The van der Waals surface area contributed by atoms with Crippen molar-refractivity contribution in [3.63, 3.8) is 0 Å². The second-order valence-electron chi connectivity index (χ2n) is 9.09. The second kappa shape index (κ2) is 11.1. The fraction of sp³-hybridized carbons (Fsp3) is 0.222. The standard InChI is InChI=1S/C27H27ClFN7O2/c1-34-7-9-36(10-8-34)22-12-19(28)11-21(13-22)33-27(37)32-20-3-4-26(24(29)14-20)38-23-5-6-30-25(15-23)18-16-31-35(2)17-18/h3-6,11-17H,7-10H2,1-2H3,(H2,32,33,37). The van der Waals surface area contributed by atoms with Gasteiger partial charge in [0, 0.05) is 85.4 Å². The van der Waals surface area contributed by atoms with Crippen LogP contribution < -0.4 is 20.3 Å². The highest BCUT2D eigenvalue weighted by atomic mass is 35.5. The summed E-state index contributed by atoms with van der Waals surface area (Å²) >= 11 is 6.31. The van der Waals surface area contributed by atoms with Crippen LogP contribution in [0.5, 0.6) is 11.5 Å². The molecule has 0 bridgehead atoms. The highest BCUT2D eigenvalue weighted by Crippen LogP contribution is 2.30. The Morgan fingerprint density at radius 2 is 1.79 bits per heavy atom. The van der Waals surface area contributed by atoms with Crippen LogP contribution in [0.3, 0.4) is 0 Å². The van der Waals surface area contributed by atoms with Crippen LogP contribution in [0.4, 0.5) is 26.2 Å². The monoisotopic (exact) mass is 535 g/mol. The zero-order chi connectivity index (χ0) is 26.6. The molecular formula is C27H27ClFN7O2. The van der Waals surface area contributed by atoms with Crippen molar-refractivity contribution in [3.05, 3.63) is 78.0 Å². The molecule has 0 saturated carbocycles. The normalized spacial score (nSPS) is 13.8. The lowest BCUT2D eigenvalue weighted by molar-refractivity contribution is 0.262. The number of likely N-dealkylation sites (N-methyl/N-ethyl adjacent to an activating group) is 1. The number of anilines is 3. The van der Waals surface area contributed by atoms with E-state index in [4.69, 9.17) is 16.3 Å². The molecule has 2 amide bonds. The van der Waals surface area contributed by atoms with E-state index in [-0.39, 0.29) is 11.4 Å². The summed E-state index contributed by atoms with van der Waals surface area (Å²) in [4.78, 5) is 21.4. The first-order valence-electron chi connectivity index (χ1n) is 12.1.